The standard InChI is InChI=1S/C13H15N5O/c19-13(12-8-15-18-17-12)16-11-3-1-9(2-4-11)7-14-10-5-6-10/h1-4,8,10,14H,5-7H2,(H,16,19)(H,15,17,18). The van der Waals surface area contributed by atoms with Crippen LogP contribution in [0.5, 0.6) is 0 Å². The number of amides is 1. The summed E-state index contributed by atoms with van der Waals surface area (Å²) in [6.07, 6.45) is 3.96. The Labute approximate surface area is 110 Å². The summed E-state index contributed by atoms with van der Waals surface area (Å²) in [4.78, 5) is 11.7. The lowest BCUT2D eigenvalue weighted by molar-refractivity contribution is 0.102. The lowest BCUT2D eigenvalue weighted by atomic mass is 10.2. The molecule has 1 fully saturated rings. The van der Waals surface area contributed by atoms with Crippen LogP contribution in [0.3, 0.4) is 0 Å². The largest absolute Gasteiger partial charge is 0.321 e. The summed E-state index contributed by atoms with van der Waals surface area (Å²) in [5, 5.41) is 16.0. The summed E-state index contributed by atoms with van der Waals surface area (Å²) in [6, 6.07) is 8.50. The van der Waals surface area contributed by atoms with Gasteiger partial charge in [0, 0.05) is 18.3 Å². The van der Waals surface area contributed by atoms with Gasteiger partial charge in [-0.3, -0.25) is 4.79 Å². The van der Waals surface area contributed by atoms with E-state index in [1.54, 1.807) is 0 Å². The summed E-state index contributed by atoms with van der Waals surface area (Å²) < 4.78 is 0. The molecule has 19 heavy (non-hydrogen) atoms. The number of rotatable bonds is 5. The van der Waals surface area contributed by atoms with Gasteiger partial charge in [-0.05, 0) is 30.5 Å². The molecule has 0 radical (unpaired) electrons. The van der Waals surface area contributed by atoms with Gasteiger partial charge in [0.25, 0.3) is 5.91 Å². The molecule has 3 rings (SSSR count). The van der Waals surface area contributed by atoms with Crippen LogP contribution in [0.25, 0.3) is 0 Å². The molecule has 1 aromatic heterocycles. The van der Waals surface area contributed by atoms with Crippen LogP contribution in [0.15, 0.2) is 30.5 Å². The first-order valence-corrected chi connectivity index (χ1v) is 6.31. The fraction of sp³-hybridized carbons (Fsp3) is 0.308. The first kappa shape index (κ1) is 11.9. The third kappa shape index (κ3) is 3.17. The Bertz CT molecular complexity index is 545. The Morgan fingerprint density at radius 2 is 2.11 bits per heavy atom. The number of carbonyl (C=O) groups is 1. The van der Waals surface area contributed by atoms with Crippen LogP contribution >= 0.6 is 0 Å². The number of aromatic nitrogens is 3. The molecule has 1 aliphatic rings. The smallest absolute Gasteiger partial charge is 0.277 e. The Hall–Kier alpha value is -2.21. The average Bonchev–Trinajstić information content (AvgIpc) is 3.09. The molecule has 0 atom stereocenters. The van der Waals surface area contributed by atoms with Gasteiger partial charge in [-0.15, -0.1) is 0 Å². The van der Waals surface area contributed by atoms with Crippen molar-refractivity contribution in [3.8, 4) is 0 Å². The maximum Gasteiger partial charge on any atom is 0.277 e. The molecule has 1 saturated carbocycles. The number of hydrogen-bond donors (Lipinski definition) is 3. The van der Waals surface area contributed by atoms with Crippen molar-refractivity contribution in [2.24, 2.45) is 0 Å². The molecular formula is C13H15N5O. The number of hydrogen-bond acceptors (Lipinski definition) is 4. The highest BCUT2D eigenvalue weighted by Crippen LogP contribution is 2.19. The van der Waals surface area contributed by atoms with E-state index in [0.717, 1.165) is 12.2 Å². The van der Waals surface area contributed by atoms with Crippen molar-refractivity contribution in [2.45, 2.75) is 25.4 Å². The molecule has 0 aliphatic heterocycles. The van der Waals surface area contributed by atoms with Crippen molar-refractivity contribution in [1.82, 2.24) is 20.7 Å². The van der Waals surface area contributed by atoms with E-state index >= 15 is 0 Å². The minimum Gasteiger partial charge on any atom is -0.321 e. The molecule has 2 aromatic rings. The van der Waals surface area contributed by atoms with E-state index in [2.05, 4.69) is 26.0 Å². The monoisotopic (exact) mass is 257 g/mol. The van der Waals surface area contributed by atoms with Crippen LogP contribution in [-0.4, -0.2) is 27.4 Å². The van der Waals surface area contributed by atoms with Crippen LogP contribution in [0, 0.1) is 0 Å². The highest BCUT2D eigenvalue weighted by atomic mass is 16.2. The first-order chi connectivity index (χ1) is 9.31. The third-order valence-corrected chi connectivity index (χ3v) is 3.03. The zero-order valence-corrected chi connectivity index (χ0v) is 10.4. The second-order valence-electron chi connectivity index (χ2n) is 4.66. The lowest BCUT2D eigenvalue weighted by Gasteiger charge is -2.06. The predicted octanol–water partition coefficient (Wildman–Crippen LogP) is 1.31. The van der Waals surface area contributed by atoms with Gasteiger partial charge in [-0.1, -0.05) is 12.1 Å². The normalized spacial score (nSPS) is 14.3. The van der Waals surface area contributed by atoms with Crippen molar-refractivity contribution in [3.05, 3.63) is 41.7 Å². The van der Waals surface area contributed by atoms with Gasteiger partial charge < -0.3 is 10.6 Å². The van der Waals surface area contributed by atoms with Gasteiger partial charge in [-0.25, -0.2) is 0 Å². The zero-order chi connectivity index (χ0) is 13.1. The summed E-state index contributed by atoms with van der Waals surface area (Å²) in [7, 11) is 0. The number of nitrogens with zero attached hydrogens (tertiary/aromatic N) is 2. The fourth-order valence-electron chi connectivity index (χ4n) is 1.76. The Balaban J connectivity index is 1.57. The molecule has 1 aromatic carbocycles. The van der Waals surface area contributed by atoms with E-state index in [9.17, 15) is 4.79 Å². The molecule has 98 valence electrons. The van der Waals surface area contributed by atoms with Crippen LogP contribution in [-0.2, 0) is 6.54 Å². The van der Waals surface area contributed by atoms with Gasteiger partial charge >= 0.3 is 0 Å². The minimum atomic E-state index is -0.266. The van der Waals surface area contributed by atoms with Crippen LogP contribution in [0.1, 0.15) is 28.9 Å². The minimum absolute atomic E-state index is 0.266. The summed E-state index contributed by atoms with van der Waals surface area (Å²) >= 11 is 0. The van der Waals surface area contributed by atoms with Gasteiger partial charge in [0.2, 0.25) is 0 Å². The summed E-state index contributed by atoms with van der Waals surface area (Å²) in [5.74, 6) is -0.266. The quantitative estimate of drug-likeness (QED) is 0.754. The average molecular weight is 257 g/mol. The topological polar surface area (TPSA) is 82.7 Å². The van der Waals surface area contributed by atoms with Gasteiger partial charge in [0.05, 0.1) is 6.20 Å². The van der Waals surface area contributed by atoms with Gasteiger partial charge in [0.15, 0.2) is 5.69 Å². The van der Waals surface area contributed by atoms with Crippen LogP contribution in [0.2, 0.25) is 0 Å². The Morgan fingerprint density at radius 1 is 1.32 bits per heavy atom. The van der Waals surface area contributed by atoms with Crippen LogP contribution < -0.4 is 10.6 Å². The van der Waals surface area contributed by atoms with Crippen molar-refractivity contribution in [2.75, 3.05) is 5.32 Å². The maximum atomic E-state index is 11.7. The van der Waals surface area contributed by atoms with E-state index in [-0.39, 0.29) is 11.6 Å². The number of anilines is 1. The van der Waals surface area contributed by atoms with E-state index in [0.29, 0.717) is 6.04 Å². The van der Waals surface area contributed by atoms with Gasteiger partial charge in [-0.2, -0.15) is 15.4 Å². The molecular weight excluding hydrogens is 242 g/mol. The number of benzene rings is 1. The van der Waals surface area contributed by atoms with Crippen molar-refractivity contribution in [1.29, 1.82) is 0 Å². The Morgan fingerprint density at radius 3 is 2.74 bits per heavy atom. The summed E-state index contributed by atoms with van der Waals surface area (Å²) in [6.45, 7) is 0.877. The molecule has 1 amide bonds. The summed E-state index contributed by atoms with van der Waals surface area (Å²) in [5.41, 5.74) is 2.24. The van der Waals surface area contributed by atoms with Crippen LogP contribution in [0.4, 0.5) is 5.69 Å². The highest BCUT2D eigenvalue weighted by Gasteiger charge is 2.19. The molecule has 1 heterocycles. The third-order valence-electron chi connectivity index (χ3n) is 3.03. The Kier molecular flexibility index (Phi) is 3.24. The lowest BCUT2D eigenvalue weighted by Crippen LogP contribution is -2.15. The number of aromatic amines is 1. The molecule has 0 unspecified atom stereocenters. The van der Waals surface area contributed by atoms with E-state index in [1.807, 2.05) is 24.3 Å². The highest BCUT2D eigenvalue weighted by molar-refractivity contribution is 6.02. The van der Waals surface area contributed by atoms with Crippen molar-refractivity contribution < 1.29 is 4.79 Å². The van der Waals surface area contributed by atoms with Gasteiger partial charge in [0.1, 0.15) is 0 Å². The number of H-pyrrole nitrogens is 1. The molecule has 6 heteroatoms. The predicted molar refractivity (Wildman–Crippen MR) is 70.6 cm³/mol. The molecule has 0 bridgehead atoms. The SMILES string of the molecule is O=C(Nc1ccc(CNC2CC2)cc1)c1cn[nH]n1. The molecule has 1 aliphatic carbocycles. The molecule has 0 saturated heterocycles. The maximum absolute atomic E-state index is 11.7. The van der Waals surface area contributed by atoms with E-state index < -0.39 is 0 Å². The first-order valence-electron chi connectivity index (χ1n) is 6.31. The molecule has 6 nitrogen and oxygen atoms in total. The van der Waals surface area contributed by atoms with Crippen molar-refractivity contribution >= 4 is 11.6 Å². The van der Waals surface area contributed by atoms with Crippen molar-refractivity contribution in [3.63, 3.8) is 0 Å². The van der Waals surface area contributed by atoms with E-state index in [4.69, 9.17) is 0 Å². The number of nitrogens with one attached hydrogen (secondary N) is 3. The van der Waals surface area contributed by atoms with E-state index in [1.165, 1.54) is 24.6 Å². The zero-order valence-electron chi connectivity index (χ0n) is 10.4. The molecule has 0 spiro atoms. The number of carbonyl (C=O) groups excluding carboxylic acids is 1. The fourth-order valence-corrected chi connectivity index (χ4v) is 1.76. The second-order valence-corrected chi connectivity index (χ2v) is 4.66. The second kappa shape index (κ2) is 5.19. The molecule has 3 N–H and O–H groups in total.